The van der Waals surface area contributed by atoms with Gasteiger partial charge in [-0.1, -0.05) is 43.3 Å². The van der Waals surface area contributed by atoms with Crippen LogP contribution in [0.25, 0.3) is 0 Å². The van der Waals surface area contributed by atoms with Crippen LogP contribution in [0.3, 0.4) is 0 Å². The van der Waals surface area contributed by atoms with E-state index in [2.05, 4.69) is 13.0 Å². The summed E-state index contributed by atoms with van der Waals surface area (Å²) in [7, 11) is 0. The van der Waals surface area contributed by atoms with Gasteiger partial charge in [0, 0.05) is 6.92 Å². The first-order valence-corrected chi connectivity index (χ1v) is 6.59. The van der Waals surface area contributed by atoms with Gasteiger partial charge in [-0.3, -0.25) is 9.69 Å². The van der Waals surface area contributed by atoms with Crippen molar-refractivity contribution in [3.05, 3.63) is 59.7 Å². The van der Waals surface area contributed by atoms with Crippen molar-refractivity contribution in [2.75, 3.05) is 4.90 Å². The first-order chi connectivity index (χ1) is 9.15. The molecule has 0 aliphatic rings. The third-order valence-corrected chi connectivity index (χ3v) is 3.28. The molecule has 0 atom stereocenters. The maximum atomic E-state index is 12.1. The van der Waals surface area contributed by atoms with Crippen molar-refractivity contribution in [3.8, 4) is 0 Å². The number of hydrogen-bond donors (Lipinski definition) is 0. The van der Waals surface area contributed by atoms with E-state index >= 15 is 0 Å². The van der Waals surface area contributed by atoms with Crippen molar-refractivity contribution < 1.29 is 4.79 Å². The van der Waals surface area contributed by atoms with Crippen molar-refractivity contribution in [1.82, 2.24) is 0 Å². The molecule has 0 spiro atoms. The van der Waals surface area contributed by atoms with Crippen LogP contribution < -0.4 is 4.90 Å². The number of anilines is 2. The molecule has 2 nitrogen and oxygen atoms in total. The number of para-hydroxylation sites is 2. The Labute approximate surface area is 114 Å². The molecule has 2 aromatic rings. The fraction of sp³-hybridized carbons (Fsp3) is 0.235. The summed E-state index contributed by atoms with van der Waals surface area (Å²) in [6, 6.07) is 16.0. The van der Waals surface area contributed by atoms with Crippen molar-refractivity contribution in [3.63, 3.8) is 0 Å². The molecule has 98 valence electrons. The predicted molar refractivity (Wildman–Crippen MR) is 79.8 cm³/mol. The summed E-state index contributed by atoms with van der Waals surface area (Å²) in [6.45, 7) is 5.74. The SMILES string of the molecule is CCc1ccccc1N(C(C)=O)c1ccccc1C. The molecule has 2 heteroatoms. The first kappa shape index (κ1) is 13.3. The predicted octanol–water partition coefficient (Wildman–Crippen LogP) is 4.24. The topological polar surface area (TPSA) is 20.3 Å². The second-order valence-corrected chi connectivity index (χ2v) is 4.62. The van der Waals surface area contributed by atoms with Crippen LogP contribution in [0, 0.1) is 6.92 Å². The van der Waals surface area contributed by atoms with Gasteiger partial charge >= 0.3 is 0 Å². The lowest BCUT2D eigenvalue weighted by Gasteiger charge is -2.25. The summed E-state index contributed by atoms with van der Waals surface area (Å²) in [5.41, 5.74) is 4.22. The Morgan fingerprint density at radius 2 is 1.58 bits per heavy atom. The van der Waals surface area contributed by atoms with Gasteiger partial charge in [0.05, 0.1) is 11.4 Å². The molecule has 0 saturated carbocycles. The highest BCUT2D eigenvalue weighted by Gasteiger charge is 2.17. The third kappa shape index (κ3) is 2.68. The minimum absolute atomic E-state index is 0.0372. The molecule has 19 heavy (non-hydrogen) atoms. The molecule has 0 radical (unpaired) electrons. The minimum Gasteiger partial charge on any atom is -0.281 e. The zero-order valence-electron chi connectivity index (χ0n) is 11.7. The van der Waals surface area contributed by atoms with Crippen LogP contribution in [0.1, 0.15) is 25.0 Å². The third-order valence-electron chi connectivity index (χ3n) is 3.28. The molecule has 2 aromatic carbocycles. The average Bonchev–Trinajstić information content (AvgIpc) is 2.41. The summed E-state index contributed by atoms with van der Waals surface area (Å²) < 4.78 is 0. The van der Waals surface area contributed by atoms with E-state index in [9.17, 15) is 4.79 Å². The average molecular weight is 253 g/mol. The monoisotopic (exact) mass is 253 g/mol. The molecule has 0 aliphatic carbocycles. The van der Waals surface area contributed by atoms with E-state index in [1.165, 1.54) is 5.56 Å². The molecule has 0 heterocycles. The van der Waals surface area contributed by atoms with Gasteiger partial charge < -0.3 is 0 Å². The van der Waals surface area contributed by atoms with Gasteiger partial charge in [-0.2, -0.15) is 0 Å². The van der Waals surface area contributed by atoms with Crippen LogP contribution in [-0.4, -0.2) is 5.91 Å². The van der Waals surface area contributed by atoms with E-state index in [-0.39, 0.29) is 5.91 Å². The second kappa shape index (κ2) is 5.70. The Kier molecular flexibility index (Phi) is 4.00. The summed E-state index contributed by atoms with van der Waals surface area (Å²) >= 11 is 0. The van der Waals surface area contributed by atoms with Crippen molar-refractivity contribution >= 4 is 17.3 Å². The summed E-state index contributed by atoms with van der Waals surface area (Å²) in [5, 5.41) is 0. The Hall–Kier alpha value is -2.09. The smallest absolute Gasteiger partial charge is 0.228 e. The molecular weight excluding hydrogens is 234 g/mol. The quantitative estimate of drug-likeness (QED) is 0.801. The summed E-state index contributed by atoms with van der Waals surface area (Å²) in [6.07, 6.45) is 0.909. The molecule has 0 aliphatic heterocycles. The molecule has 0 aromatic heterocycles. The van der Waals surface area contributed by atoms with Crippen molar-refractivity contribution in [2.45, 2.75) is 27.2 Å². The van der Waals surface area contributed by atoms with Crippen LogP contribution in [0.2, 0.25) is 0 Å². The highest BCUT2D eigenvalue weighted by atomic mass is 16.2. The Morgan fingerprint density at radius 1 is 1.00 bits per heavy atom. The van der Waals surface area contributed by atoms with Crippen LogP contribution in [-0.2, 0) is 11.2 Å². The van der Waals surface area contributed by atoms with Crippen LogP contribution >= 0.6 is 0 Å². The first-order valence-electron chi connectivity index (χ1n) is 6.59. The van der Waals surface area contributed by atoms with E-state index in [1.807, 2.05) is 49.4 Å². The zero-order valence-corrected chi connectivity index (χ0v) is 11.7. The van der Waals surface area contributed by atoms with Crippen molar-refractivity contribution in [1.29, 1.82) is 0 Å². The number of hydrogen-bond acceptors (Lipinski definition) is 1. The lowest BCUT2D eigenvalue weighted by atomic mass is 10.1. The number of carbonyl (C=O) groups is 1. The van der Waals surface area contributed by atoms with Gasteiger partial charge in [-0.15, -0.1) is 0 Å². The standard InChI is InChI=1S/C17H19NO/c1-4-15-10-6-8-12-17(15)18(14(3)19)16-11-7-5-9-13(16)2/h5-12H,4H2,1-3H3. The molecule has 0 saturated heterocycles. The molecule has 0 bridgehead atoms. The molecule has 1 amide bonds. The van der Waals surface area contributed by atoms with E-state index in [0.717, 1.165) is 23.4 Å². The number of carbonyl (C=O) groups excluding carboxylic acids is 1. The Balaban J connectivity index is 2.59. The fourth-order valence-electron chi connectivity index (χ4n) is 2.31. The van der Waals surface area contributed by atoms with Crippen LogP contribution in [0.4, 0.5) is 11.4 Å². The number of rotatable bonds is 3. The van der Waals surface area contributed by atoms with Crippen LogP contribution in [0.15, 0.2) is 48.5 Å². The fourth-order valence-corrected chi connectivity index (χ4v) is 2.31. The minimum atomic E-state index is 0.0372. The Bertz CT molecular complexity index is 589. The number of amides is 1. The molecule has 2 rings (SSSR count). The summed E-state index contributed by atoms with van der Waals surface area (Å²) in [4.78, 5) is 13.9. The van der Waals surface area contributed by atoms with Crippen LogP contribution in [0.5, 0.6) is 0 Å². The van der Waals surface area contributed by atoms with E-state index in [1.54, 1.807) is 11.8 Å². The van der Waals surface area contributed by atoms with Gasteiger partial charge in [0.15, 0.2) is 0 Å². The van der Waals surface area contributed by atoms with Gasteiger partial charge in [-0.25, -0.2) is 0 Å². The maximum absolute atomic E-state index is 12.1. The lowest BCUT2D eigenvalue weighted by molar-refractivity contribution is -0.115. The number of benzene rings is 2. The second-order valence-electron chi connectivity index (χ2n) is 4.62. The highest BCUT2D eigenvalue weighted by molar-refractivity contribution is 6.00. The van der Waals surface area contributed by atoms with Gasteiger partial charge in [-0.05, 0) is 36.6 Å². The van der Waals surface area contributed by atoms with Gasteiger partial charge in [0.2, 0.25) is 5.91 Å². The van der Waals surface area contributed by atoms with Gasteiger partial charge in [0.1, 0.15) is 0 Å². The normalized spacial score (nSPS) is 10.3. The summed E-state index contributed by atoms with van der Waals surface area (Å²) in [5.74, 6) is 0.0372. The molecule has 0 fully saturated rings. The largest absolute Gasteiger partial charge is 0.281 e. The molecular formula is C17H19NO. The van der Waals surface area contributed by atoms with Crippen molar-refractivity contribution in [2.24, 2.45) is 0 Å². The van der Waals surface area contributed by atoms with E-state index in [0.29, 0.717) is 0 Å². The highest BCUT2D eigenvalue weighted by Crippen LogP contribution is 2.31. The zero-order chi connectivity index (χ0) is 13.8. The molecule has 0 N–H and O–H groups in total. The van der Waals surface area contributed by atoms with E-state index in [4.69, 9.17) is 0 Å². The molecule has 0 unspecified atom stereocenters. The lowest BCUT2D eigenvalue weighted by Crippen LogP contribution is -2.24. The Morgan fingerprint density at radius 3 is 2.16 bits per heavy atom. The number of aryl methyl sites for hydroxylation is 2. The number of nitrogens with zero attached hydrogens (tertiary/aromatic N) is 1. The van der Waals surface area contributed by atoms with Gasteiger partial charge in [0.25, 0.3) is 0 Å². The van der Waals surface area contributed by atoms with E-state index < -0.39 is 0 Å². The maximum Gasteiger partial charge on any atom is 0.228 e.